The highest BCUT2D eigenvalue weighted by Crippen LogP contribution is 2.33. The van der Waals surface area contributed by atoms with Crippen LogP contribution < -0.4 is 5.32 Å². The van der Waals surface area contributed by atoms with Gasteiger partial charge in [0.1, 0.15) is 10.7 Å². The molecule has 0 aliphatic heterocycles. The molecule has 0 saturated carbocycles. The van der Waals surface area contributed by atoms with Crippen molar-refractivity contribution in [2.24, 2.45) is 0 Å². The Morgan fingerprint density at radius 3 is 2.67 bits per heavy atom. The molecule has 0 saturated heterocycles. The van der Waals surface area contributed by atoms with E-state index in [0.29, 0.717) is 22.3 Å². The zero-order valence-corrected chi connectivity index (χ0v) is 21.0. The van der Waals surface area contributed by atoms with E-state index in [0.717, 1.165) is 27.8 Å². The second-order valence-corrected chi connectivity index (χ2v) is 9.95. The van der Waals surface area contributed by atoms with Gasteiger partial charge in [-0.25, -0.2) is 4.98 Å². The van der Waals surface area contributed by atoms with Crippen LogP contribution in [0.5, 0.6) is 0 Å². The largest absolute Gasteiger partial charge is 0.348 e. The number of carbonyl (C=O) groups is 1. The van der Waals surface area contributed by atoms with Gasteiger partial charge in [-0.05, 0) is 44.5 Å². The normalized spacial score (nSPS) is 12.0. The summed E-state index contributed by atoms with van der Waals surface area (Å²) in [6.45, 7) is 6.07. The van der Waals surface area contributed by atoms with Crippen molar-refractivity contribution >= 4 is 40.6 Å². The van der Waals surface area contributed by atoms with Crippen molar-refractivity contribution < 1.29 is 4.79 Å². The van der Waals surface area contributed by atoms with Crippen molar-refractivity contribution in [3.63, 3.8) is 0 Å². The van der Waals surface area contributed by atoms with Crippen LogP contribution >= 0.6 is 34.7 Å². The van der Waals surface area contributed by atoms with Crippen LogP contribution in [0.2, 0.25) is 5.02 Å². The third kappa shape index (κ3) is 5.46. The van der Waals surface area contributed by atoms with Crippen LogP contribution in [0.15, 0.2) is 59.1 Å². The number of aromatic nitrogens is 4. The fraction of sp³-hybridized carbons (Fsp3) is 0.250. The van der Waals surface area contributed by atoms with Crippen molar-refractivity contribution in [2.75, 3.05) is 0 Å². The number of hydrogen-bond acceptors (Lipinski definition) is 6. The van der Waals surface area contributed by atoms with Crippen LogP contribution in [0.4, 0.5) is 0 Å². The Morgan fingerprint density at radius 1 is 1.18 bits per heavy atom. The molecule has 6 nitrogen and oxygen atoms in total. The van der Waals surface area contributed by atoms with Crippen molar-refractivity contribution in [1.82, 2.24) is 25.1 Å². The maximum absolute atomic E-state index is 12.3. The van der Waals surface area contributed by atoms with Crippen molar-refractivity contribution in [1.29, 1.82) is 0 Å². The third-order valence-electron chi connectivity index (χ3n) is 5.14. The molecule has 2 heterocycles. The van der Waals surface area contributed by atoms with Crippen molar-refractivity contribution in [2.45, 2.75) is 44.1 Å². The van der Waals surface area contributed by atoms with E-state index >= 15 is 0 Å². The van der Waals surface area contributed by atoms with E-state index in [2.05, 4.69) is 39.6 Å². The predicted molar refractivity (Wildman–Crippen MR) is 135 cm³/mol. The number of hydrogen-bond donors (Lipinski definition) is 1. The Balaban J connectivity index is 1.60. The van der Waals surface area contributed by atoms with Crippen LogP contribution in [-0.2, 0) is 5.75 Å². The lowest BCUT2D eigenvalue weighted by Crippen LogP contribution is -2.32. The third-order valence-corrected chi connectivity index (χ3v) is 7.44. The molecule has 1 amide bonds. The molecule has 0 aliphatic rings. The number of nitrogens with zero attached hydrogens (tertiary/aromatic N) is 4. The maximum Gasteiger partial charge on any atom is 0.270 e. The SMILES string of the molecule is CCC(C)NC(=O)c1csc(CSc2nnc(-c3ccccc3Cl)n2-c2ccc(C)cc2)n1. The lowest BCUT2D eigenvalue weighted by Gasteiger charge is -2.11. The lowest BCUT2D eigenvalue weighted by atomic mass is 10.2. The molecule has 0 fully saturated rings. The predicted octanol–water partition coefficient (Wildman–Crippen LogP) is 6.17. The summed E-state index contributed by atoms with van der Waals surface area (Å²) in [6.07, 6.45) is 0.876. The Kier molecular flexibility index (Phi) is 7.47. The Labute approximate surface area is 206 Å². The Morgan fingerprint density at radius 2 is 1.94 bits per heavy atom. The molecule has 2 aromatic heterocycles. The first-order valence-electron chi connectivity index (χ1n) is 10.6. The van der Waals surface area contributed by atoms with Gasteiger partial charge in [-0.3, -0.25) is 9.36 Å². The van der Waals surface area contributed by atoms with Gasteiger partial charge < -0.3 is 5.32 Å². The first kappa shape index (κ1) is 23.5. The maximum atomic E-state index is 12.3. The van der Waals surface area contributed by atoms with Gasteiger partial charge in [0.15, 0.2) is 11.0 Å². The summed E-state index contributed by atoms with van der Waals surface area (Å²) in [5, 5.41) is 15.9. The van der Waals surface area contributed by atoms with Crippen molar-refractivity contribution in [3.05, 3.63) is 75.2 Å². The molecule has 1 N–H and O–H groups in total. The second-order valence-electron chi connectivity index (χ2n) is 7.65. The summed E-state index contributed by atoms with van der Waals surface area (Å²) in [6, 6.07) is 15.9. The molecular weight excluding hydrogens is 474 g/mol. The van der Waals surface area contributed by atoms with Crippen LogP contribution in [-0.4, -0.2) is 31.7 Å². The summed E-state index contributed by atoms with van der Waals surface area (Å²) < 4.78 is 2.01. The highest BCUT2D eigenvalue weighted by atomic mass is 35.5. The van der Waals surface area contributed by atoms with Gasteiger partial charge in [-0.2, -0.15) is 0 Å². The van der Waals surface area contributed by atoms with Crippen LogP contribution in [0.3, 0.4) is 0 Å². The molecular formula is C24H24ClN5OS2. The molecule has 0 spiro atoms. The Hall–Kier alpha value is -2.68. The summed E-state index contributed by atoms with van der Waals surface area (Å²) in [7, 11) is 0. The number of benzene rings is 2. The van der Waals surface area contributed by atoms with E-state index in [9.17, 15) is 4.79 Å². The number of carbonyl (C=O) groups excluding carboxylic acids is 1. The zero-order chi connectivity index (χ0) is 23.4. The molecule has 1 unspecified atom stereocenters. The number of thioether (sulfide) groups is 1. The topological polar surface area (TPSA) is 72.7 Å². The minimum atomic E-state index is -0.138. The van der Waals surface area contributed by atoms with E-state index in [1.807, 2.05) is 54.8 Å². The summed E-state index contributed by atoms with van der Waals surface area (Å²) in [5.41, 5.74) is 3.40. The fourth-order valence-corrected chi connectivity index (χ4v) is 5.08. The van der Waals surface area contributed by atoms with E-state index < -0.39 is 0 Å². The Bertz CT molecular complexity index is 1250. The van der Waals surface area contributed by atoms with E-state index in [-0.39, 0.29) is 11.9 Å². The fourth-order valence-electron chi connectivity index (χ4n) is 3.11. The van der Waals surface area contributed by atoms with Gasteiger partial charge in [-0.15, -0.1) is 21.5 Å². The number of halogens is 1. The molecule has 0 bridgehead atoms. The van der Waals surface area contributed by atoms with E-state index in [4.69, 9.17) is 11.6 Å². The summed E-state index contributed by atoms with van der Waals surface area (Å²) >= 11 is 9.47. The molecule has 9 heteroatoms. The second kappa shape index (κ2) is 10.5. The number of rotatable bonds is 8. The number of nitrogens with one attached hydrogen (secondary N) is 1. The van der Waals surface area contributed by atoms with Gasteiger partial charge in [-0.1, -0.05) is 60.1 Å². The average molecular weight is 498 g/mol. The van der Waals surface area contributed by atoms with Crippen LogP contribution in [0, 0.1) is 6.92 Å². The summed E-state index contributed by atoms with van der Waals surface area (Å²) in [4.78, 5) is 16.9. The number of aryl methyl sites for hydroxylation is 1. The quantitative estimate of drug-likeness (QED) is 0.294. The van der Waals surface area contributed by atoms with Crippen molar-refractivity contribution in [3.8, 4) is 17.1 Å². The molecule has 4 aromatic rings. The zero-order valence-electron chi connectivity index (χ0n) is 18.6. The van der Waals surface area contributed by atoms with Crippen LogP contribution in [0.25, 0.3) is 17.1 Å². The first-order valence-corrected chi connectivity index (χ1v) is 12.9. The first-order chi connectivity index (χ1) is 16.0. The van der Waals surface area contributed by atoms with Gasteiger partial charge in [0.25, 0.3) is 5.91 Å². The van der Waals surface area contributed by atoms with Gasteiger partial charge >= 0.3 is 0 Å². The highest BCUT2D eigenvalue weighted by molar-refractivity contribution is 7.98. The standard InChI is InChI=1S/C24H24ClN5OS2/c1-4-16(3)26-23(31)20-13-32-21(27-20)14-33-24-29-28-22(18-7-5-6-8-19(18)25)30(24)17-11-9-15(2)10-12-17/h5-13,16H,4,14H2,1-3H3,(H,26,31). The van der Waals surface area contributed by atoms with Gasteiger partial charge in [0.05, 0.1) is 10.8 Å². The molecule has 33 heavy (non-hydrogen) atoms. The molecule has 170 valence electrons. The van der Waals surface area contributed by atoms with E-state index in [1.54, 1.807) is 5.38 Å². The molecule has 0 radical (unpaired) electrons. The highest BCUT2D eigenvalue weighted by Gasteiger charge is 2.19. The van der Waals surface area contributed by atoms with Gasteiger partial charge in [0, 0.05) is 22.7 Å². The minimum absolute atomic E-state index is 0.119. The number of thiazole rings is 1. The van der Waals surface area contributed by atoms with E-state index in [1.165, 1.54) is 28.7 Å². The molecule has 0 aliphatic carbocycles. The monoisotopic (exact) mass is 497 g/mol. The molecule has 1 atom stereocenters. The molecule has 2 aromatic carbocycles. The lowest BCUT2D eigenvalue weighted by molar-refractivity contribution is 0.0935. The minimum Gasteiger partial charge on any atom is -0.348 e. The van der Waals surface area contributed by atoms with Gasteiger partial charge in [0.2, 0.25) is 0 Å². The smallest absolute Gasteiger partial charge is 0.270 e. The van der Waals surface area contributed by atoms with Crippen LogP contribution in [0.1, 0.15) is 41.3 Å². The molecule has 4 rings (SSSR count). The average Bonchev–Trinajstić information content (AvgIpc) is 3.46. The number of amides is 1. The summed E-state index contributed by atoms with van der Waals surface area (Å²) in [5.74, 6) is 1.12.